The maximum atomic E-state index is 10.7. The molecule has 9 atom stereocenters. The van der Waals surface area contributed by atoms with Gasteiger partial charge in [0.25, 0.3) is 0 Å². The van der Waals surface area contributed by atoms with Gasteiger partial charge in [-0.3, -0.25) is 0 Å². The molecular formula is C23H40O6. The lowest BCUT2D eigenvalue weighted by Gasteiger charge is -2.35. The van der Waals surface area contributed by atoms with Crippen molar-refractivity contribution in [3.63, 3.8) is 0 Å². The van der Waals surface area contributed by atoms with Crippen LogP contribution in [0.3, 0.4) is 0 Å². The number of epoxide rings is 1. The highest BCUT2D eigenvalue weighted by molar-refractivity contribution is 5.18. The van der Waals surface area contributed by atoms with Gasteiger partial charge >= 0.3 is 0 Å². The average Bonchev–Trinajstić information content (AvgIpc) is 3.54. The first-order valence-electron chi connectivity index (χ1n) is 10.8. The largest absolute Gasteiger partial charge is 0.390 e. The highest BCUT2D eigenvalue weighted by Crippen LogP contribution is 2.37. The molecule has 0 saturated carbocycles. The van der Waals surface area contributed by atoms with E-state index >= 15 is 0 Å². The Morgan fingerprint density at radius 2 is 1.83 bits per heavy atom. The molecule has 0 bridgehead atoms. The van der Waals surface area contributed by atoms with Crippen LogP contribution in [0.25, 0.3) is 0 Å². The van der Waals surface area contributed by atoms with Gasteiger partial charge < -0.3 is 28.8 Å². The molecule has 0 aromatic rings. The van der Waals surface area contributed by atoms with E-state index in [0.717, 1.165) is 24.8 Å². The van der Waals surface area contributed by atoms with Crippen molar-refractivity contribution in [1.82, 2.24) is 0 Å². The summed E-state index contributed by atoms with van der Waals surface area (Å²) in [7, 11) is 5.12. The molecule has 6 heteroatoms. The van der Waals surface area contributed by atoms with Crippen LogP contribution in [0, 0.1) is 11.8 Å². The minimum atomic E-state index is -0.530. The molecule has 0 aliphatic carbocycles. The molecule has 168 valence electrons. The highest BCUT2D eigenvalue weighted by atomic mass is 16.7. The molecule has 0 aromatic carbocycles. The SMILES string of the molecule is CC[C@H](OC)[C@@H](C)[C@@H]1O[C@H]1[C@H](O)[C@@H](C)/C=C/C=C(\C)[C@@H]1O[C@@H](OC)CC[C@@H]1OC. The molecule has 0 unspecified atom stereocenters. The second kappa shape index (κ2) is 11.6. The summed E-state index contributed by atoms with van der Waals surface area (Å²) in [6.45, 7) is 8.29. The Bertz CT molecular complexity index is 543. The lowest BCUT2D eigenvalue weighted by molar-refractivity contribution is -0.205. The number of ether oxygens (including phenoxy) is 5. The predicted molar refractivity (Wildman–Crippen MR) is 113 cm³/mol. The molecule has 2 heterocycles. The van der Waals surface area contributed by atoms with E-state index in [4.69, 9.17) is 23.7 Å². The fraction of sp³-hybridized carbons (Fsp3) is 0.826. The first-order valence-corrected chi connectivity index (χ1v) is 10.8. The number of hydrogen-bond acceptors (Lipinski definition) is 6. The van der Waals surface area contributed by atoms with Crippen LogP contribution in [-0.4, -0.2) is 69.3 Å². The fourth-order valence-electron chi connectivity index (χ4n) is 4.28. The molecule has 2 fully saturated rings. The van der Waals surface area contributed by atoms with Gasteiger partial charge in [0.1, 0.15) is 12.2 Å². The van der Waals surface area contributed by atoms with Gasteiger partial charge in [0.2, 0.25) is 0 Å². The standard InChI is InChI=1S/C23H40O6/c1-8-17(25-5)16(4)22-23(29-22)20(24)14(2)10-9-11-15(3)21-18(26-6)12-13-19(27-7)28-21/h9-11,14,16-24H,8,12-13H2,1-7H3/b10-9+,15-11+/t14-,16+,17-,18-,19+,20+,21-,22-,23-/m0/s1. The Labute approximate surface area is 176 Å². The minimum Gasteiger partial charge on any atom is -0.390 e. The summed E-state index contributed by atoms with van der Waals surface area (Å²) in [6.07, 6.45) is 8.00. The maximum Gasteiger partial charge on any atom is 0.158 e. The van der Waals surface area contributed by atoms with E-state index in [1.165, 1.54) is 0 Å². The number of rotatable bonds is 11. The number of aliphatic hydroxyl groups excluding tert-OH is 1. The average molecular weight is 413 g/mol. The van der Waals surface area contributed by atoms with Gasteiger partial charge in [-0.2, -0.15) is 0 Å². The smallest absolute Gasteiger partial charge is 0.158 e. The molecule has 6 nitrogen and oxygen atoms in total. The molecular weight excluding hydrogens is 372 g/mol. The second-order valence-corrected chi connectivity index (χ2v) is 8.33. The molecule has 0 aromatic heterocycles. The second-order valence-electron chi connectivity index (χ2n) is 8.33. The zero-order valence-electron chi connectivity index (χ0n) is 19.0. The summed E-state index contributed by atoms with van der Waals surface area (Å²) < 4.78 is 28.3. The Morgan fingerprint density at radius 3 is 2.41 bits per heavy atom. The molecule has 1 N–H and O–H groups in total. The van der Waals surface area contributed by atoms with Crippen LogP contribution in [0.5, 0.6) is 0 Å². The Balaban J connectivity index is 1.90. The third kappa shape index (κ3) is 6.36. The number of methoxy groups -OCH3 is 3. The van der Waals surface area contributed by atoms with Gasteiger partial charge in [-0.25, -0.2) is 0 Å². The van der Waals surface area contributed by atoms with Crippen LogP contribution in [0.4, 0.5) is 0 Å². The summed E-state index contributed by atoms with van der Waals surface area (Å²) in [5.41, 5.74) is 1.08. The lowest BCUT2D eigenvalue weighted by atomic mass is 9.91. The quantitative estimate of drug-likeness (QED) is 0.414. The molecule has 2 rings (SSSR count). The van der Waals surface area contributed by atoms with E-state index in [2.05, 4.69) is 13.8 Å². The van der Waals surface area contributed by atoms with Crippen molar-refractivity contribution in [1.29, 1.82) is 0 Å². The Morgan fingerprint density at radius 1 is 1.10 bits per heavy atom. The lowest BCUT2D eigenvalue weighted by Crippen LogP contribution is -2.41. The summed E-state index contributed by atoms with van der Waals surface area (Å²) >= 11 is 0. The zero-order valence-corrected chi connectivity index (χ0v) is 19.0. The van der Waals surface area contributed by atoms with Crippen LogP contribution in [0.15, 0.2) is 23.8 Å². The third-order valence-electron chi connectivity index (χ3n) is 6.36. The van der Waals surface area contributed by atoms with Crippen molar-refractivity contribution in [2.24, 2.45) is 11.8 Å². The van der Waals surface area contributed by atoms with Crippen LogP contribution in [0.1, 0.15) is 47.0 Å². The third-order valence-corrected chi connectivity index (χ3v) is 6.36. The van der Waals surface area contributed by atoms with Crippen molar-refractivity contribution in [3.05, 3.63) is 23.8 Å². The molecule has 29 heavy (non-hydrogen) atoms. The summed E-state index contributed by atoms with van der Waals surface area (Å²) in [5, 5.41) is 10.7. The van der Waals surface area contributed by atoms with E-state index in [-0.39, 0.29) is 48.6 Å². The van der Waals surface area contributed by atoms with Gasteiger partial charge in [0, 0.05) is 39.6 Å². The minimum absolute atomic E-state index is 0.0129. The van der Waals surface area contributed by atoms with E-state index in [1.54, 1.807) is 21.3 Å². The van der Waals surface area contributed by atoms with Gasteiger partial charge in [-0.1, -0.05) is 39.0 Å². The van der Waals surface area contributed by atoms with E-state index in [1.807, 2.05) is 32.1 Å². The number of hydrogen-bond donors (Lipinski definition) is 1. The van der Waals surface area contributed by atoms with Gasteiger partial charge in [0.05, 0.1) is 24.4 Å². The van der Waals surface area contributed by atoms with Crippen LogP contribution in [-0.2, 0) is 23.7 Å². The Hall–Kier alpha value is -0.760. The van der Waals surface area contributed by atoms with Gasteiger partial charge in [0.15, 0.2) is 6.29 Å². The first kappa shape index (κ1) is 24.5. The van der Waals surface area contributed by atoms with Crippen molar-refractivity contribution in [2.45, 2.75) is 89.9 Å². The molecule has 2 aliphatic heterocycles. The molecule has 0 amide bonds. The predicted octanol–water partition coefficient (Wildman–Crippen LogP) is 3.48. The summed E-state index contributed by atoms with van der Waals surface area (Å²) in [4.78, 5) is 0. The fourth-order valence-corrected chi connectivity index (χ4v) is 4.28. The number of allylic oxidation sites excluding steroid dienone is 2. The summed E-state index contributed by atoms with van der Waals surface area (Å²) in [5.74, 6) is 0.257. The van der Waals surface area contributed by atoms with Gasteiger partial charge in [-0.15, -0.1) is 0 Å². The first-order chi connectivity index (χ1) is 13.9. The van der Waals surface area contributed by atoms with Gasteiger partial charge in [-0.05, 0) is 25.3 Å². The van der Waals surface area contributed by atoms with Crippen LogP contribution < -0.4 is 0 Å². The van der Waals surface area contributed by atoms with E-state index in [0.29, 0.717) is 0 Å². The molecule has 2 saturated heterocycles. The highest BCUT2D eigenvalue weighted by Gasteiger charge is 2.50. The van der Waals surface area contributed by atoms with Crippen molar-refractivity contribution in [2.75, 3.05) is 21.3 Å². The van der Waals surface area contributed by atoms with Crippen molar-refractivity contribution in [3.8, 4) is 0 Å². The molecule has 2 aliphatic rings. The topological polar surface area (TPSA) is 69.7 Å². The van der Waals surface area contributed by atoms with Crippen LogP contribution >= 0.6 is 0 Å². The summed E-state index contributed by atoms with van der Waals surface area (Å²) in [6, 6.07) is 0. The normalized spacial score (nSPS) is 34.8. The zero-order chi connectivity index (χ0) is 21.6. The van der Waals surface area contributed by atoms with Crippen molar-refractivity contribution < 1.29 is 28.8 Å². The molecule has 0 radical (unpaired) electrons. The molecule has 0 spiro atoms. The number of aliphatic hydroxyl groups is 1. The van der Waals surface area contributed by atoms with E-state index in [9.17, 15) is 5.11 Å². The van der Waals surface area contributed by atoms with E-state index < -0.39 is 6.10 Å². The maximum absolute atomic E-state index is 10.7. The van der Waals surface area contributed by atoms with Crippen LogP contribution in [0.2, 0.25) is 0 Å². The Kier molecular flexibility index (Phi) is 9.79. The monoisotopic (exact) mass is 412 g/mol. The van der Waals surface area contributed by atoms with Crippen molar-refractivity contribution >= 4 is 0 Å².